The van der Waals surface area contributed by atoms with Crippen LogP contribution in [0.15, 0.2) is 297 Å². The number of hydrogen-bond acceptors (Lipinski definition) is 2. The molecule has 3 heterocycles. The standard InChI is InChI=1S/C77H49F3N4/c78-77(79,80)61-36-42-75(84-72-39-33-58(52-23-11-3-12-24-52)45-64(72)65-46-59(34-40-73(65)84)53-25-13-4-14-26-53)67(48-61)66-47-60(69-49-68(54-27-15-5-16-28-54)81-76(82-69)55-29-17-6-18-30-55)35-41-74(66)83-70-37-31-56(50-19-7-1-8-20-50)43-62(70)63-44-57(32-38-71(63)83)51-21-9-2-10-22-51/h1-49H. The van der Waals surface area contributed by atoms with Crippen LogP contribution in [0.2, 0.25) is 0 Å². The molecule has 0 bridgehead atoms. The van der Waals surface area contributed by atoms with E-state index < -0.39 is 11.7 Å². The first-order valence-corrected chi connectivity index (χ1v) is 28.0. The van der Waals surface area contributed by atoms with Gasteiger partial charge < -0.3 is 9.13 Å². The van der Waals surface area contributed by atoms with Gasteiger partial charge in [-0.15, -0.1) is 0 Å². The van der Waals surface area contributed by atoms with Gasteiger partial charge in [0.15, 0.2) is 5.82 Å². The first kappa shape index (κ1) is 50.1. The first-order chi connectivity index (χ1) is 41.3. The molecule has 7 heteroatoms. The summed E-state index contributed by atoms with van der Waals surface area (Å²) in [5, 5.41) is 3.95. The van der Waals surface area contributed by atoms with E-state index in [1.807, 2.05) is 152 Å². The fourth-order valence-electron chi connectivity index (χ4n) is 12.1. The van der Waals surface area contributed by atoms with Gasteiger partial charge in [0.2, 0.25) is 0 Å². The summed E-state index contributed by atoms with van der Waals surface area (Å²) in [6.45, 7) is 0. The minimum atomic E-state index is -4.68. The Morgan fingerprint density at radius 3 is 0.929 bits per heavy atom. The van der Waals surface area contributed by atoms with Gasteiger partial charge in [-0.25, -0.2) is 9.97 Å². The lowest BCUT2D eigenvalue weighted by molar-refractivity contribution is -0.137. The van der Waals surface area contributed by atoms with E-state index in [2.05, 4.69) is 137 Å². The quantitative estimate of drug-likeness (QED) is 0.137. The van der Waals surface area contributed by atoms with Crippen molar-refractivity contribution >= 4 is 43.6 Å². The van der Waals surface area contributed by atoms with E-state index in [9.17, 15) is 0 Å². The van der Waals surface area contributed by atoms with Crippen molar-refractivity contribution in [2.24, 2.45) is 0 Å². The Balaban J connectivity index is 1.05. The summed E-state index contributed by atoms with van der Waals surface area (Å²) in [5.74, 6) is 0.526. The van der Waals surface area contributed by atoms with E-state index in [4.69, 9.17) is 9.97 Å². The van der Waals surface area contributed by atoms with Crippen molar-refractivity contribution in [3.8, 4) is 101 Å². The number of alkyl halides is 3. The van der Waals surface area contributed by atoms with Gasteiger partial charge in [0, 0.05) is 49.4 Å². The predicted octanol–water partition coefficient (Wildman–Crippen LogP) is 21.0. The summed E-state index contributed by atoms with van der Waals surface area (Å²) < 4.78 is 51.6. The van der Waals surface area contributed by atoms with Crippen LogP contribution in [-0.2, 0) is 6.18 Å². The summed E-state index contributed by atoms with van der Waals surface area (Å²) in [5.41, 5.74) is 17.2. The summed E-state index contributed by atoms with van der Waals surface area (Å²) in [4.78, 5) is 10.4. The van der Waals surface area contributed by atoms with Crippen molar-refractivity contribution in [1.82, 2.24) is 19.1 Å². The SMILES string of the molecule is FC(F)(F)c1ccc(-n2c3ccc(-c4ccccc4)cc3c3cc(-c4ccccc4)ccc32)c(-c2cc(-c3cc(-c4ccccc4)nc(-c4ccccc4)n3)ccc2-n2c3ccc(-c4ccccc4)cc3c3cc(-c4ccccc4)ccc32)c1. The molecule has 15 aromatic rings. The fourth-order valence-corrected chi connectivity index (χ4v) is 12.1. The Hall–Kier alpha value is -10.9. The minimum absolute atomic E-state index is 0.386. The molecule has 0 aliphatic rings. The average Bonchev–Trinajstić information content (AvgIpc) is 2.56. The van der Waals surface area contributed by atoms with E-state index in [0.29, 0.717) is 45.3 Å². The normalized spacial score (nSPS) is 11.8. The molecule has 15 rings (SSSR count). The van der Waals surface area contributed by atoms with Crippen molar-refractivity contribution in [1.29, 1.82) is 0 Å². The Labute approximate surface area is 483 Å². The number of nitrogens with zero attached hydrogens (tertiary/aromatic N) is 4. The molecule has 398 valence electrons. The lowest BCUT2D eigenvalue weighted by Gasteiger charge is -2.21. The van der Waals surface area contributed by atoms with E-state index in [1.165, 1.54) is 12.1 Å². The van der Waals surface area contributed by atoms with Gasteiger partial charge in [-0.2, -0.15) is 13.2 Å². The number of benzene rings is 12. The van der Waals surface area contributed by atoms with Gasteiger partial charge >= 0.3 is 6.18 Å². The van der Waals surface area contributed by atoms with E-state index >= 15 is 13.2 Å². The van der Waals surface area contributed by atoms with Gasteiger partial charge in [-0.1, -0.05) is 212 Å². The van der Waals surface area contributed by atoms with Crippen LogP contribution in [0.1, 0.15) is 5.56 Å². The lowest BCUT2D eigenvalue weighted by Crippen LogP contribution is -2.08. The summed E-state index contributed by atoms with van der Waals surface area (Å²) in [6, 6.07) is 99.3. The second-order valence-corrected chi connectivity index (χ2v) is 21.2. The van der Waals surface area contributed by atoms with E-state index in [1.54, 1.807) is 6.07 Å². The van der Waals surface area contributed by atoms with Gasteiger partial charge in [-0.3, -0.25) is 0 Å². The molecular formula is C77H49F3N4. The van der Waals surface area contributed by atoms with Gasteiger partial charge in [0.05, 0.1) is 50.4 Å². The molecule has 0 atom stereocenters. The molecule has 84 heavy (non-hydrogen) atoms. The molecule has 12 aromatic carbocycles. The van der Waals surface area contributed by atoms with Crippen LogP contribution < -0.4 is 0 Å². The smallest absolute Gasteiger partial charge is 0.309 e. The zero-order valence-electron chi connectivity index (χ0n) is 45.2. The van der Waals surface area contributed by atoms with Crippen LogP contribution in [0.3, 0.4) is 0 Å². The molecule has 0 N–H and O–H groups in total. The zero-order valence-corrected chi connectivity index (χ0v) is 45.2. The maximum atomic E-state index is 15.7. The van der Waals surface area contributed by atoms with Gasteiger partial charge in [0.25, 0.3) is 0 Å². The fraction of sp³-hybridized carbons (Fsp3) is 0.0130. The topological polar surface area (TPSA) is 35.6 Å². The van der Waals surface area contributed by atoms with E-state index in [0.717, 1.165) is 99.2 Å². The molecular weight excluding hydrogens is 1040 g/mol. The van der Waals surface area contributed by atoms with Crippen molar-refractivity contribution in [3.63, 3.8) is 0 Å². The number of hydrogen-bond donors (Lipinski definition) is 0. The average molecular weight is 1090 g/mol. The molecule has 0 unspecified atom stereocenters. The predicted molar refractivity (Wildman–Crippen MR) is 339 cm³/mol. The highest BCUT2D eigenvalue weighted by Crippen LogP contribution is 2.46. The lowest BCUT2D eigenvalue weighted by atomic mass is 9.95. The third kappa shape index (κ3) is 9.00. The number of fused-ring (bicyclic) bond motifs is 6. The number of aromatic nitrogens is 4. The Bertz CT molecular complexity index is 4710. The van der Waals surface area contributed by atoms with Gasteiger partial charge in [-0.05, 0) is 129 Å². The van der Waals surface area contributed by atoms with Crippen LogP contribution in [0.4, 0.5) is 13.2 Å². The molecule has 0 spiro atoms. The number of rotatable bonds is 10. The van der Waals surface area contributed by atoms with Crippen LogP contribution in [0.25, 0.3) is 145 Å². The monoisotopic (exact) mass is 1090 g/mol. The maximum absolute atomic E-state index is 15.7. The van der Waals surface area contributed by atoms with Crippen LogP contribution in [-0.4, -0.2) is 19.1 Å². The van der Waals surface area contributed by atoms with Crippen LogP contribution in [0.5, 0.6) is 0 Å². The Morgan fingerprint density at radius 1 is 0.250 bits per heavy atom. The Kier molecular flexibility index (Phi) is 12.3. The van der Waals surface area contributed by atoms with Crippen LogP contribution in [0, 0.1) is 0 Å². The Morgan fingerprint density at radius 2 is 0.560 bits per heavy atom. The second-order valence-electron chi connectivity index (χ2n) is 21.2. The zero-order chi connectivity index (χ0) is 56.3. The first-order valence-electron chi connectivity index (χ1n) is 28.0. The molecule has 0 radical (unpaired) electrons. The van der Waals surface area contributed by atoms with Crippen molar-refractivity contribution in [3.05, 3.63) is 303 Å². The summed E-state index contributed by atoms with van der Waals surface area (Å²) in [6.07, 6.45) is -4.68. The maximum Gasteiger partial charge on any atom is 0.416 e. The van der Waals surface area contributed by atoms with Gasteiger partial charge in [0.1, 0.15) is 0 Å². The van der Waals surface area contributed by atoms with E-state index in [-0.39, 0.29) is 0 Å². The molecule has 0 fully saturated rings. The summed E-state index contributed by atoms with van der Waals surface area (Å²) in [7, 11) is 0. The highest BCUT2D eigenvalue weighted by molar-refractivity contribution is 6.14. The molecule has 0 saturated heterocycles. The van der Waals surface area contributed by atoms with Crippen molar-refractivity contribution in [2.75, 3.05) is 0 Å². The van der Waals surface area contributed by atoms with Crippen molar-refractivity contribution in [2.45, 2.75) is 6.18 Å². The highest BCUT2D eigenvalue weighted by Gasteiger charge is 2.33. The van der Waals surface area contributed by atoms with Crippen LogP contribution >= 0.6 is 0 Å². The molecule has 3 aromatic heterocycles. The molecule has 0 aliphatic carbocycles. The minimum Gasteiger partial charge on any atom is -0.309 e. The molecule has 4 nitrogen and oxygen atoms in total. The second kappa shape index (κ2) is 20.6. The van der Waals surface area contributed by atoms with Crippen molar-refractivity contribution < 1.29 is 13.2 Å². The third-order valence-corrected chi connectivity index (χ3v) is 16.2. The molecule has 0 amide bonds. The summed E-state index contributed by atoms with van der Waals surface area (Å²) >= 11 is 0. The largest absolute Gasteiger partial charge is 0.416 e. The molecule has 0 aliphatic heterocycles. The highest BCUT2D eigenvalue weighted by atomic mass is 19.4. The third-order valence-electron chi connectivity index (χ3n) is 16.2. The molecule has 0 saturated carbocycles. The number of halogens is 3.